The Labute approximate surface area is 172 Å². The maximum absolute atomic E-state index is 13.8. The minimum Gasteiger partial charge on any atom is -0.508 e. The number of carbonyl (C=O) groups is 2. The Morgan fingerprint density at radius 2 is 1.86 bits per heavy atom. The first-order valence-electron chi connectivity index (χ1n) is 10.5. The van der Waals surface area contributed by atoms with Crippen LogP contribution in [-0.4, -0.2) is 21.8 Å². The quantitative estimate of drug-likeness (QED) is 0.544. The van der Waals surface area contributed by atoms with Crippen molar-refractivity contribution in [3.63, 3.8) is 0 Å². The third-order valence-corrected chi connectivity index (χ3v) is 7.73. The van der Waals surface area contributed by atoms with E-state index in [1.807, 2.05) is 0 Å². The SMILES string of the molecule is CC(C)=CCC[C@@]1(C)[C@@H]2C(=O)c3c(O)cc(O)cc3[C@@]3(CC(=C(C)C)C[C@@H]13)C2=O. The van der Waals surface area contributed by atoms with Crippen LogP contribution in [0.3, 0.4) is 0 Å². The van der Waals surface area contributed by atoms with Crippen LogP contribution < -0.4 is 0 Å². The molecule has 2 saturated carbocycles. The second-order valence-corrected chi connectivity index (χ2v) is 9.88. The number of benzene rings is 1. The number of fused-ring (bicyclic) bond motifs is 2. The van der Waals surface area contributed by atoms with Crippen LogP contribution in [0, 0.1) is 17.3 Å². The first kappa shape index (κ1) is 19.9. The van der Waals surface area contributed by atoms with Crippen LogP contribution in [0.15, 0.2) is 34.9 Å². The number of phenols is 2. The predicted octanol–water partition coefficient (Wildman–Crippen LogP) is 5.23. The van der Waals surface area contributed by atoms with E-state index in [9.17, 15) is 19.8 Å². The maximum Gasteiger partial charge on any atom is 0.177 e. The summed E-state index contributed by atoms with van der Waals surface area (Å²) in [7, 11) is 0. The summed E-state index contributed by atoms with van der Waals surface area (Å²) in [6.45, 7) is 10.4. The molecule has 3 aliphatic carbocycles. The lowest BCUT2D eigenvalue weighted by atomic mass is 9.66. The van der Waals surface area contributed by atoms with Crippen molar-refractivity contribution in [1.82, 2.24) is 0 Å². The van der Waals surface area contributed by atoms with Gasteiger partial charge in [0.15, 0.2) is 11.6 Å². The molecule has 0 unspecified atom stereocenters. The smallest absolute Gasteiger partial charge is 0.177 e. The average Bonchev–Trinajstić information content (AvgIpc) is 3.06. The zero-order valence-electron chi connectivity index (χ0n) is 17.9. The van der Waals surface area contributed by atoms with Crippen LogP contribution in [-0.2, 0) is 10.2 Å². The number of hydrogen-bond donors (Lipinski definition) is 2. The van der Waals surface area contributed by atoms with Crippen molar-refractivity contribution in [1.29, 1.82) is 0 Å². The fourth-order valence-corrected chi connectivity index (χ4v) is 6.34. The summed E-state index contributed by atoms with van der Waals surface area (Å²) in [5, 5.41) is 20.7. The minimum absolute atomic E-state index is 0.00522. The molecule has 0 saturated heterocycles. The molecule has 0 radical (unpaired) electrons. The van der Waals surface area contributed by atoms with E-state index in [-0.39, 0.29) is 34.5 Å². The van der Waals surface area contributed by atoms with Crippen molar-refractivity contribution in [2.24, 2.45) is 17.3 Å². The molecule has 1 aromatic rings. The van der Waals surface area contributed by atoms with Gasteiger partial charge in [-0.25, -0.2) is 0 Å². The van der Waals surface area contributed by atoms with E-state index in [2.05, 4.69) is 40.7 Å². The van der Waals surface area contributed by atoms with Crippen molar-refractivity contribution >= 4 is 11.6 Å². The number of rotatable bonds is 3. The van der Waals surface area contributed by atoms with Gasteiger partial charge < -0.3 is 10.2 Å². The topological polar surface area (TPSA) is 74.6 Å². The number of hydrogen-bond acceptors (Lipinski definition) is 4. The van der Waals surface area contributed by atoms with Crippen LogP contribution in [0.1, 0.15) is 76.2 Å². The van der Waals surface area contributed by atoms with Gasteiger partial charge in [-0.1, -0.05) is 29.7 Å². The third kappa shape index (κ3) is 2.50. The summed E-state index contributed by atoms with van der Waals surface area (Å²) in [6.07, 6.45) is 5.11. The van der Waals surface area contributed by atoms with Crippen molar-refractivity contribution in [3.05, 3.63) is 46.1 Å². The molecule has 4 rings (SSSR count). The normalized spacial score (nSPS) is 32.2. The molecule has 0 aliphatic heterocycles. The lowest BCUT2D eigenvalue weighted by Crippen LogP contribution is -2.42. The van der Waals surface area contributed by atoms with Gasteiger partial charge in [-0.2, -0.15) is 0 Å². The minimum atomic E-state index is -0.823. The zero-order chi connectivity index (χ0) is 21.3. The summed E-state index contributed by atoms with van der Waals surface area (Å²) < 4.78 is 0. The molecule has 4 nitrogen and oxygen atoms in total. The standard InChI is InChI=1S/C25H30O4/c1-13(2)7-6-8-24(5)19-9-15(14(3)4)12-25(19)17-10-16(26)11-18(27)20(17)22(28)21(24)23(25)29/h7,10-11,19,21,26-27H,6,8-9,12H2,1-5H3/t19-,21+,24+,25+/m0/s1. The summed E-state index contributed by atoms with van der Waals surface area (Å²) in [5.41, 5.74) is 3.19. The largest absolute Gasteiger partial charge is 0.508 e. The van der Waals surface area contributed by atoms with E-state index < -0.39 is 16.7 Å². The Kier molecular flexibility index (Phi) is 4.34. The Bertz CT molecular complexity index is 990. The van der Waals surface area contributed by atoms with E-state index in [1.165, 1.54) is 22.8 Å². The number of Topliss-reactive ketones (excluding diaryl/α,β-unsaturated/α-hetero) is 2. The molecule has 4 atom stereocenters. The Hall–Kier alpha value is -2.36. The van der Waals surface area contributed by atoms with Crippen molar-refractivity contribution < 1.29 is 19.8 Å². The predicted molar refractivity (Wildman–Crippen MR) is 112 cm³/mol. The van der Waals surface area contributed by atoms with Gasteiger partial charge in [-0.3, -0.25) is 9.59 Å². The first-order valence-corrected chi connectivity index (χ1v) is 10.5. The summed E-state index contributed by atoms with van der Waals surface area (Å²) in [5.74, 6) is -1.33. The van der Waals surface area contributed by atoms with Crippen molar-refractivity contribution in [3.8, 4) is 11.5 Å². The van der Waals surface area contributed by atoms with Crippen LogP contribution in [0.2, 0.25) is 0 Å². The lowest BCUT2D eigenvalue weighted by molar-refractivity contribution is -0.125. The molecule has 2 N–H and O–H groups in total. The van der Waals surface area contributed by atoms with Crippen LogP contribution in [0.5, 0.6) is 11.5 Å². The number of allylic oxidation sites excluding steroid dienone is 4. The molecule has 29 heavy (non-hydrogen) atoms. The number of ketones is 2. The molecule has 0 amide bonds. The molecule has 4 heteroatoms. The highest BCUT2D eigenvalue weighted by atomic mass is 16.3. The number of phenolic OH excluding ortho intramolecular Hbond substituents is 2. The highest BCUT2D eigenvalue weighted by molar-refractivity contribution is 6.22. The van der Waals surface area contributed by atoms with Gasteiger partial charge in [-0.15, -0.1) is 0 Å². The summed E-state index contributed by atoms with van der Waals surface area (Å²) >= 11 is 0. The maximum atomic E-state index is 13.8. The molecule has 0 heterocycles. The molecule has 2 fully saturated rings. The van der Waals surface area contributed by atoms with Crippen molar-refractivity contribution in [2.45, 2.75) is 65.7 Å². The third-order valence-electron chi connectivity index (χ3n) is 7.73. The van der Waals surface area contributed by atoms with Crippen LogP contribution >= 0.6 is 0 Å². The second kappa shape index (κ2) is 6.32. The first-order chi connectivity index (χ1) is 13.5. The molecular formula is C25H30O4. The molecule has 0 aromatic heterocycles. The molecular weight excluding hydrogens is 364 g/mol. The molecule has 3 aliphatic rings. The summed E-state index contributed by atoms with van der Waals surface area (Å²) in [4.78, 5) is 27.3. The monoisotopic (exact) mass is 394 g/mol. The zero-order valence-corrected chi connectivity index (χ0v) is 17.9. The van der Waals surface area contributed by atoms with Gasteiger partial charge in [0.2, 0.25) is 0 Å². The molecule has 2 bridgehead atoms. The van der Waals surface area contributed by atoms with Gasteiger partial charge in [0.25, 0.3) is 0 Å². The van der Waals surface area contributed by atoms with Gasteiger partial charge in [-0.05, 0) is 76.3 Å². The van der Waals surface area contributed by atoms with Gasteiger partial charge in [0.1, 0.15) is 11.5 Å². The van der Waals surface area contributed by atoms with E-state index in [1.54, 1.807) is 6.07 Å². The van der Waals surface area contributed by atoms with E-state index in [4.69, 9.17) is 0 Å². The molecule has 1 aromatic carbocycles. The van der Waals surface area contributed by atoms with Crippen molar-refractivity contribution in [2.75, 3.05) is 0 Å². The Morgan fingerprint density at radius 1 is 1.17 bits per heavy atom. The fourth-order valence-electron chi connectivity index (χ4n) is 6.34. The number of aromatic hydroxyl groups is 2. The van der Waals surface area contributed by atoms with Gasteiger partial charge >= 0.3 is 0 Å². The summed E-state index contributed by atoms with van der Waals surface area (Å²) in [6, 6.07) is 2.76. The highest BCUT2D eigenvalue weighted by Gasteiger charge is 2.73. The lowest BCUT2D eigenvalue weighted by Gasteiger charge is -2.35. The fraction of sp³-hybridized carbons (Fsp3) is 0.520. The molecule has 1 spiro atoms. The van der Waals surface area contributed by atoms with E-state index >= 15 is 0 Å². The van der Waals surface area contributed by atoms with Gasteiger partial charge in [0, 0.05) is 6.07 Å². The van der Waals surface area contributed by atoms with Crippen LogP contribution in [0.25, 0.3) is 0 Å². The molecule has 154 valence electrons. The highest BCUT2D eigenvalue weighted by Crippen LogP contribution is 2.70. The van der Waals surface area contributed by atoms with Crippen LogP contribution in [0.4, 0.5) is 0 Å². The number of carbonyl (C=O) groups excluding carboxylic acids is 2. The van der Waals surface area contributed by atoms with E-state index in [0.717, 1.165) is 19.3 Å². The second-order valence-electron chi connectivity index (χ2n) is 9.88. The Morgan fingerprint density at radius 3 is 2.48 bits per heavy atom. The average molecular weight is 395 g/mol. The van der Waals surface area contributed by atoms with E-state index in [0.29, 0.717) is 12.0 Å². The Balaban J connectivity index is 1.97. The van der Waals surface area contributed by atoms with Gasteiger partial charge in [0.05, 0.1) is 16.9 Å².